The Hall–Kier alpha value is -3.51. The molecule has 3 aromatic heterocycles. The van der Waals surface area contributed by atoms with Crippen molar-refractivity contribution in [2.75, 3.05) is 11.9 Å². The lowest BCUT2D eigenvalue weighted by molar-refractivity contribution is -0.120. The first kappa shape index (κ1) is 37.7. The van der Waals surface area contributed by atoms with Crippen molar-refractivity contribution in [3.8, 4) is 16.9 Å². The molecule has 3 aromatic rings. The van der Waals surface area contributed by atoms with Crippen LogP contribution in [-0.2, 0) is 16.3 Å². The number of hydrogen-bond donors (Lipinski definition) is 3. The highest BCUT2D eigenvalue weighted by atomic mass is 28.3. The van der Waals surface area contributed by atoms with Gasteiger partial charge in [-0.25, -0.2) is 9.67 Å². The van der Waals surface area contributed by atoms with Crippen molar-refractivity contribution in [3.05, 3.63) is 41.1 Å². The minimum absolute atomic E-state index is 0.0176. The van der Waals surface area contributed by atoms with E-state index < -0.39 is 19.9 Å². The van der Waals surface area contributed by atoms with E-state index in [1.807, 2.05) is 32.4 Å². The number of primary amides is 1. The molecule has 274 valence electrons. The molecular formula is C38H59N7O4Si. The fourth-order valence-corrected chi connectivity index (χ4v) is 9.15. The quantitative estimate of drug-likeness (QED) is 0.114. The lowest BCUT2D eigenvalue weighted by atomic mass is 9.63. The Kier molecular flexibility index (Phi) is 12.2. The first-order valence-corrected chi connectivity index (χ1v) is 22.5. The molecule has 3 heterocycles. The van der Waals surface area contributed by atoms with E-state index in [0.717, 1.165) is 74.4 Å². The number of aromatic hydroxyl groups is 1. The zero-order valence-electron chi connectivity index (χ0n) is 31.3. The third-order valence-electron chi connectivity index (χ3n) is 10.9. The minimum Gasteiger partial charge on any atom is -0.504 e. The van der Waals surface area contributed by atoms with Gasteiger partial charge in [-0.1, -0.05) is 83.8 Å². The molecule has 1 atom stereocenters. The number of rotatable bonds is 14. The molecule has 2 amide bonds. The van der Waals surface area contributed by atoms with Crippen LogP contribution in [0.1, 0.15) is 117 Å². The Balaban J connectivity index is 1.47. The largest absolute Gasteiger partial charge is 0.504 e. The van der Waals surface area contributed by atoms with E-state index in [1.165, 1.54) is 12.8 Å². The topological polar surface area (TPSA) is 150 Å². The molecular weight excluding hydrogens is 647 g/mol. The number of hydrogen-bond acceptors (Lipinski definition) is 7. The van der Waals surface area contributed by atoms with Crippen molar-refractivity contribution in [2.24, 2.45) is 23.5 Å². The highest BCUT2D eigenvalue weighted by Gasteiger charge is 2.43. The molecule has 2 fully saturated rings. The molecule has 0 saturated heterocycles. The van der Waals surface area contributed by atoms with Gasteiger partial charge in [-0.05, 0) is 57.6 Å². The molecule has 0 spiro atoms. The van der Waals surface area contributed by atoms with Crippen LogP contribution in [0.3, 0.4) is 0 Å². The Morgan fingerprint density at radius 3 is 2.18 bits per heavy atom. The number of aromatic nitrogens is 5. The third kappa shape index (κ3) is 8.67. The van der Waals surface area contributed by atoms with Crippen molar-refractivity contribution >= 4 is 25.7 Å². The lowest BCUT2D eigenvalue weighted by Gasteiger charge is -2.41. The van der Waals surface area contributed by atoms with Crippen molar-refractivity contribution in [1.82, 2.24) is 24.5 Å². The van der Waals surface area contributed by atoms with E-state index >= 15 is 0 Å². The molecule has 11 nitrogen and oxygen atoms in total. The average molecular weight is 706 g/mol. The van der Waals surface area contributed by atoms with E-state index in [1.54, 1.807) is 23.1 Å². The summed E-state index contributed by atoms with van der Waals surface area (Å²) in [5.74, 6) is -0.884. The number of nitrogens with one attached hydrogen (secondary N) is 1. The van der Waals surface area contributed by atoms with Crippen LogP contribution in [-0.4, -0.2) is 56.1 Å². The standard InChI is InChI=1S/C38H59N7O4Si/c1-24(2)45-35(36(39)47)30(22-41-45)34(33(27-14-10-8-11-15-27)28-16-12-9-13-17-28)38(48)42-37-31(46)20-29(21-40-37)32-25(3)43-44(26(32)4)23-49-18-19-50(5,6)7/h20-22,24,27-28,33-34,46H,8-19,23H2,1-7H3,(H2,39,47)(H,40,42,48). The predicted molar refractivity (Wildman–Crippen MR) is 200 cm³/mol. The number of nitrogens with zero attached hydrogens (tertiary/aromatic N) is 5. The smallest absolute Gasteiger partial charge is 0.267 e. The lowest BCUT2D eigenvalue weighted by Crippen LogP contribution is -2.39. The molecule has 50 heavy (non-hydrogen) atoms. The highest BCUT2D eigenvalue weighted by Crippen LogP contribution is 2.48. The Morgan fingerprint density at radius 2 is 1.64 bits per heavy atom. The Labute approximate surface area is 298 Å². The summed E-state index contributed by atoms with van der Waals surface area (Å²) >= 11 is 0. The monoisotopic (exact) mass is 705 g/mol. The van der Waals surface area contributed by atoms with Gasteiger partial charge in [0.1, 0.15) is 12.4 Å². The van der Waals surface area contributed by atoms with Gasteiger partial charge in [-0.3, -0.25) is 14.3 Å². The van der Waals surface area contributed by atoms with Crippen molar-refractivity contribution in [3.63, 3.8) is 0 Å². The van der Waals surface area contributed by atoms with E-state index in [0.29, 0.717) is 36.3 Å². The van der Waals surface area contributed by atoms with Crippen molar-refractivity contribution in [1.29, 1.82) is 0 Å². The number of carbonyl (C=O) groups is 2. The predicted octanol–water partition coefficient (Wildman–Crippen LogP) is 7.96. The third-order valence-corrected chi connectivity index (χ3v) is 12.6. The maximum absolute atomic E-state index is 14.7. The van der Waals surface area contributed by atoms with Crippen LogP contribution < -0.4 is 11.1 Å². The number of ether oxygens (including phenoxy) is 1. The molecule has 2 aliphatic carbocycles. The van der Waals surface area contributed by atoms with Gasteiger partial charge in [0.25, 0.3) is 5.91 Å². The maximum Gasteiger partial charge on any atom is 0.267 e. The summed E-state index contributed by atoms with van der Waals surface area (Å²) in [4.78, 5) is 32.3. The number of pyridine rings is 1. The van der Waals surface area contributed by atoms with Crippen molar-refractivity contribution in [2.45, 2.75) is 136 Å². The number of anilines is 1. The highest BCUT2D eigenvalue weighted by molar-refractivity contribution is 6.76. The van der Waals surface area contributed by atoms with Gasteiger partial charge >= 0.3 is 0 Å². The van der Waals surface area contributed by atoms with Crippen LogP contribution in [0.4, 0.5) is 5.82 Å². The summed E-state index contributed by atoms with van der Waals surface area (Å²) in [5.41, 5.74) is 10.2. The normalized spacial score (nSPS) is 17.1. The molecule has 0 aliphatic heterocycles. The van der Waals surface area contributed by atoms with Crippen LogP contribution in [0.2, 0.25) is 25.7 Å². The fourth-order valence-electron chi connectivity index (χ4n) is 8.39. The molecule has 1 unspecified atom stereocenters. The summed E-state index contributed by atoms with van der Waals surface area (Å²) in [5, 5.41) is 23.6. The molecule has 2 aliphatic rings. The van der Waals surface area contributed by atoms with E-state index in [4.69, 9.17) is 15.6 Å². The minimum atomic E-state index is -1.20. The van der Waals surface area contributed by atoms with Gasteiger partial charge in [0, 0.05) is 49.3 Å². The van der Waals surface area contributed by atoms with Crippen LogP contribution in [0.5, 0.6) is 5.75 Å². The molecule has 12 heteroatoms. The molecule has 2 saturated carbocycles. The Bertz CT molecular complexity index is 1610. The maximum atomic E-state index is 14.7. The van der Waals surface area contributed by atoms with Crippen LogP contribution in [0, 0.1) is 31.6 Å². The zero-order chi connectivity index (χ0) is 36.2. The summed E-state index contributed by atoms with van der Waals surface area (Å²) in [7, 11) is -1.20. The second-order valence-electron chi connectivity index (χ2n) is 16.2. The van der Waals surface area contributed by atoms with E-state index in [2.05, 4.69) is 35.0 Å². The first-order valence-electron chi connectivity index (χ1n) is 18.8. The number of amides is 2. The second-order valence-corrected chi connectivity index (χ2v) is 21.8. The average Bonchev–Trinajstić information content (AvgIpc) is 3.63. The zero-order valence-corrected chi connectivity index (χ0v) is 32.3. The van der Waals surface area contributed by atoms with Gasteiger partial charge in [-0.2, -0.15) is 10.2 Å². The van der Waals surface area contributed by atoms with Gasteiger partial charge in [0.2, 0.25) is 5.91 Å². The molecule has 5 rings (SSSR count). The van der Waals surface area contributed by atoms with Gasteiger partial charge in [-0.15, -0.1) is 0 Å². The number of aryl methyl sites for hydroxylation is 1. The van der Waals surface area contributed by atoms with Gasteiger partial charge < -0.3 is 20.9 Å². The SMILES string of the molecule is Cc1nn(COCC[Si](C)(C)C)c(C)c1-c1cnc(NC(=O)C(c2cnn(C(C)C)c2C(N)=O)C(C2CCCCC2)C2CCCCC2)c(O)c1. The van der Waals surface area contributed by atoms with E-state index in [9.17, 15) is 14.7 Å². The van der Waals surface area contributed by atoms with Crippen LogP contribution in [0.25, 0.3) is 11.1 Å². The first-order chi connectivity index (χ1) is 23.8. The number of carbonyl (C=O) groups excluding carboxylic acids is 2. The summed E-state index contributed by atoms with van der Waals surface area (Å²) < 4.78 is 9.44. The fraction of sp³-hybridized carbons (Fsp3) is 0.658. The number of nitrogens with two attached hydrogens (primary N) is 1. The van der Waals surface area contributed by atoms with Gasteiger partial charge in [0.05, 0.1) is 17.8 Å². The summed E-state index contributed by atoms with van der Waals surface area (Å²) in [6.07, 6.45) is 14.5. The van der Waals surface area contributed by atoms with E-state index in [-0.39, 0.29) is 35.1 Å². The molecule has 0 bridgehead atoms. The molecule has 4 N–H and O–H groups in total. The van der Waals surface area contributed by atoms with Crippen LogP contribution in [0.15, 0.2) is 18.5 Å². The summed E-state index contributed by atoms with van der Waals surface area (Å²) in [6, 6.07) is 2.61. The van der Waals surface area contributed by atoms with Crippen molar-refractivity contribution < 1.29 is 19.4 Å². The Morgan fingerprint density at radius 1 is 1.02 bits per heavy atom. The summed E-state index contributed by atoms with van der Waals surface area (Å²) in [6.45, 7) is 15.9. The second kappa shape index (κ2) is 16.2. The molecule has 0 aromatic carbocycles. The molecule has 0 radical (unpaired) electrons. The van der Waals surface area contributed by atoms with Crippen LogP contribution >= 0.6 is 0 Å². The van der Waals surface area contributed by atoms with Gasteiger partial charge in [0.15, 0.2) is 11.6 Å².